The summed E-state index contributed by atoms with van der Waals surface area (Å²) in [5.41, 5.74) is 1.77. The Hall–Kier alpha value is -1.22. The smallest absolute Gasteiger partial charge is 0.231 e. The Labute approximate surface area is 134 Å². The first-order chi connectivity index (χ1) is 10.4. The normalized spacial score (nSPS) is 24.8. The maximum Gasteiger partial charge on any atom is 0.231 e. The van der Waals surface area contributed by atoms with E-state index in [-0.39, 0.29) is 0 Å². The van der Waals surface area contributed by atoms with Crippen LogP contribution in [0.5, 0.6) is 11.5 Å². The average Bonchev–Trinajstić information content (AvgIpc) is 2.94. The van der Waals surface area contributed by atoms with E-state index in [4.69, 9.17) is 9.47 Å². The summed E-state index contributed by atoms with van der Waals surface area (Å²) in [6.07, 6.45) is 5.37. The molecule has 3 heteroatoms. The summed E-state index contributed by atoms with van der Waals surface area (Å²) in [5, 5.41) is 0. The maximum atomic E-state index is 5.48. The van der Waals surface area contributed by atoms with E-state index in [1.165, 1.54) is 31.2 Å². The summed E-state index contributed by atoms with van der Waals surface area (Å²) in [6, 6.07) is 7.02. The molecule has 1 aliphatic heterocycles. The molecule has 1 heterocycles. The van der Waals surface area contributed by atoms with Crippen LogP contribution in [-0.2, 0) is 6.54 Å². The highest BCUT2D eigenvalue weighted by Gasteiger charge is 2.31. The number of benzene rings is 1. The number of rotatable bonds is 3. The lowest BCUT2D eigenvalue weighted by atomic mass is 9.71. The molecule has 0 unspecified atom stereocenters. The van der Waals surface area contributed by atoms with Crippen LogP contribution in [-0.4, -0.2) is 24.8 Å². The highest BCUT2D eigenvalue weighted by Crippen LogP contribution is 2.39. The average molecular weight is 303 g/mol. The van der Waals surface area contributed by atoms with Gasteiger partial charge in [0.05, 0.1) is 0 Å². The van der Waals surface area contributed by atoms with Crippen LogP contribution in [0.1, 0.15) is 52.0 Å². The molecule has 0 bridgehead atoms. The van der Waals surface area contributed by atoms with Crippen LogP contribution in [0.3, 0.4) is 0 Å². The van der Waals surface area contributed by atoms with Gasteiger partial charge in [-0.3, -0.25) is 4.90 Å². The third-order valence-electron chi connectivity index (χ3n) is 5.41. The number of fused-ring (bicyclic) bond motifs is 1. The molecule has 1 saturated carbocycles. The quantitative estimate of drug-likeness (QED) is 0.823. The number of ether oxygens (including phenoxy) is 2. The van der Waals surface area contributed by atoms with Gasteiger partial charge in [-0.1, -0.05) is 26.8 Å². The number of nitrogens with zero attached hydrogens (tertiary/aromatic N) is 1. The molecule has 1 aromatic rings. The molecule has 0 atom stereocenters. The second-order valence-electron chi connectivity index (χ2n) is 7.97. The van der Waals surface area contributed by atoms with E-state index in [9.17, 15) is 0 Å². The van der Waals surface area contributed by atoms with Gasteiger partial charge >= 0.3 is 0 Å². The Morgan fingerprint density at radius 2 is 1.73 bits per heavy atom. The minimum absolute atomic E-state index is 0.353. The summed E-state index contributed by atoms with van der Waals surface area (Å²) < 4.78 is 10.9. The fourth-order valence-corrected chi connectivity index (χ4v) is 3.84. The summed E-state index contributed by atoms with van der Waals surface area (Å²) in [4.78, 5) is 2.51. The monoisotopic (exact) mass is 303 g/mol. The van der Waals surface area contributed by atoms with E-state index >= 15 is 0 Å². The van der Waals surface area contributed by atoms with Crippen LogP contribution < -0.4 is 9.47 Å². The maximum absolute atomic E-state index is 5.48. The molecule has 0 amide bonds. The van der Waals surface area contributed by atoms with Crippen molar-refractivity contribution in [2.24, 2.45) is 11.3 Å². The predicted molar refractivity (Wildman–Crippen MR) is 89.2 cm³/mol. The van der Waals surface area contributed by atoms with Crippen LogP contribution in [0.15, 0.2) is 18.2 Å². The molecule has 0 radical (unpaired) electrons. The van der Waals surface area contributed by atoms with E-state index in [0.29, 0.717) is 18.2 Å². The van der Waals surface area contributed by atoms with Crippen molar-refractivity contribution in [1.82, 2.24) is 4.90 Å². The lowest BCUT2D eigenvalue weighted by Gasteiger charge is -2.40. The van der Waals surface area contributed by atoms with Gasteiger partial charge in [-0.15, -0.1) is 0 Å². The second kappa shape index (κ2) is 6.11. The van der Waals surface area contributed by atoms with Crippen LogP contribution in [0, 0.1) is 11.3 Å². The Morgan fingerprint density at radius 3 is 2.41 bits per heavy atom. The van der Waals surface area contributed by atoms with Crippen molar-refractivity contribution in [3.63, 3.8) is 0 Å². The third kappa shape index (κ3) is 3.40. The molecule has 2 aliphatic rings. The van der Waals surface area contributed by atoms with Crippen molar-refractivity contribution in [1.29, 1.82) is 0 Å². The molecule has 3 nitrogen and oxygen atoms in total. The molecule has 0 N–H and O–H groups in total. The predicted octanol–water partition coefficient (Wildman–Crippen LogP) is 4.45. The summed E-state index contributed by atoms with van der Waals surface area (Å²) >= 11 is 0. The molecular weight excluding hydrogens is 274 g/mol. The van der Waals surface area contributed by atoms with Crippen LogP contribution in [0.4, 0.5) is 0 Å². The van der Waals surface area contributed by atoms with Crippen LogP contribution in [0.2, 0.25) is 0 Å². The molecule has 0 saturated heterocycles. The molecule has 1 fully saturated rings. The molecular formula is C19H29NO2. The first kappa shape index (κ1) is 15.7. The van der Waals surface area contributed by atoms with Crippen molar-refractivity contribution < 1.29 is 9.47 Å². The van der Waals surface area contributed by atoms with Gasteiger partial charge in [0.1, 0.15) is 0 Å². The number of hydrogen-bond donors (Lipinski definition) is 0. The zero-order valence-corrected chi connectivity index (χ0v) is 14.4. The highest BCUT2D eigenvalue weighted by atomic mass is 16.7. The van der Waals surface area contributed by atoms with Gasteiger partial charge < -0.3 is 9.47 Å². The van der Waals surface area contributed by atoms with Gasteiger partial charge in [0.15, 0.2) is 11.5 Å². The van der Waals surface area contributed by atoms with Crippen molar-refractivity contribution in [3.8, 4) is 11.5 Å². The summed E-state index contributed by atoms with van der Waals surface area (Å²) in [5.74, 6) is 2.64. The van der Waals surface area contributed by atoms with Gasteiger partial charge in [-0.25, -0.2) is 0 Å². The van der Waals surface area contributed by atoms with Crippen molar-refractivity contribution in [2.45, 2.75) is 59.0 Å². The SMILES string of the molecule is CN(Cc1ccc2c(c1)OCO2)C1CCC(C(C)(C)C)CC1. The fraction of sp³-hybridized carbons (Fsp3) is 0.684. The third-order valence-corrected chi connectivity index (χ3v) is 5.41. The molecule has 22 heavy (non-hydrogen) atoms. The zero-order chi connectivity index (χ0) is 15.7. The van der Waals surface area contributed by atoms with E-state index < -0.39 is 0 Å². The van der Waals surface area contributed by atoms with Crippen LogP contribution in [0.25, 0.3) is 0 Å². The van der Waals surface area contributed by atoms with E-state index in [1.807, 2.05) is 6.07 Å². The molecule has 3 rings (SSSR count). The topological polar surface area (TPSA) is 21.7 Å². The van der Waals surface area contributed by atoms with Gasteiger partial charge in [-0.2, -0.15) is 0 Å². The molecule has 122 valence electrons. The van der Waals surface area contributed by atoms with Crippen molar-refractivity contribution in [2.75, 3.05) is 13.8 Å². The van der Waals surface area contributed by atoms with Gasteiger partial charge in [0.2, 0.25) is 6.79 Å². The van der Waals surface area contributed by atoms with Crippen LogP contribution >= 0.6 is 0 Å². The Balaban J connectivity index is 1.56. The lowest BCUT2D eigenvalue weighted by Crippen LogP contribution is -2.37. The largest absolute Gasteiger partial charge is 0.454 e. The Bertz CT molecular complexity index is 513. The van der Waals surface area contributed by atoms with E-state index in [0.717, 1.165) is 24.0 Å². The zero-order valence-electron chi connectivity index (χ0n) is 14.4. The Kier molecular flexibility index (Phi) is 4.35. The molecule has 1 aromatic carbocycles. The second-order valence-corrected chi connectivity index (χ2v) is 7.97. The van der Waals surface area contributed by atoms with Gasteiger partial charge in [-0.05, 0) is 61.8 Å². The van der Waals surface area contributed by atoms with Gasteiger partial charge in [0, 0.05) is 12.6 Å². The van der Waals surface area contributed by atoms with E-state index in [2.05, 4.69) is 44.9 Å². The lowest BCUT2D eigenvalue weighted by molar-refractivity contribution is 0.107. The van der Waals surface area contributed by atoms with Crippen molar-refractivity contribution in [3.05, 3.63) is 23.8 Å². The minimum atomic E-state index is 0.353. The van der Waals surface area contributed by atoms with E-state index in [1.54, 1.807) is 0 Å². The number of hydrogen-bond acceptors (Lipinski definition) is 3. The molecule has 0 aromatic heterocycles. The highest BCUT2D eigenvalue weighted by molar-refractivity contribution is 5.44. The van der Waals surface area contributed by atoms with Gasteiger partial charge in [0.25, 0.3) is 0 Å². The summed E-state index contributed by atoms with van der Waals surface area (Å²) in [6.45, 7) is 8.49. The van der Waals surface area contributed by atoms with Crippen molar-refractivity contribution >= 4 is 0 Å². The molecule has 0 spiro atoms. The molecule has 1 aliphatic carbocycles. The first-order valence-electron chi connectivity index (χ1n) is 8.52. The Morgan fingerprint density at radius 1 is 1.05 bits per heavy atom. The first-order valence-corrected chi connectivity index (χ1v) is 8.52. The standard InChI is InChI=1S/C19H29NO2/c1-19(2,3)15-6-8-16(9-7-15)20(4)12-14-5-10-17-18(11-14)22-13-21-17/h5,10-11,15-16H,6-9,12-13H2,1-4H3. The fourth-order valence-electron chi connectivity index (χ4n) is 3.84. The minimum Gasteiger partial charge on any atom is -0.454 e. The summed E-state index contributed by atoms with van der Waals surface area (Å²) in [7, 11) is 2.26.